The van der Waals surface area contributed by atoms with Gasteiger partial charge in [0.15, 0.2) is 4.47 Å². The Hall–Kier alpha value is -1.43. The Balaban J connectivity index is 1.83. The van der Waals surface area contributed by atoms with E-state index in [1.54, 1.807) is 6.20 Å². The molecule has 0 unspecified atom stereocenters. The molecule has 0 radical (unpaired) electrons. The van der Waals surface area contributed by atoms with E-state index in [9.17, 15) is 0 Å². The molecule has 0 aliphatic heterocycles. The van der Waals surface area contributed by atoms with E-state index < -0.39 is 0 Å². The maximum atomic E-state index is 6.05. The van der Waals surface area contributed by atoms with E-state index in [4.69, 9.17) is 23.2 Å². The van der Waals surface area contributed by atoms with Crippen LogP contribution in [0.2, 0.25) is 9.62 Å². The van der Waals surface area contributed by atoms with Crippen molar-refractivity contribution in [3.63, 3.8) is 0 Å². The number of halogens is 2. The van der Waals surface area contributed by atoms with E-state index in [2.05, 4.69) is 20.3 Å². The van der Waals surface area contributed by atoms with Crippen molar-refractivity contribution >= 4 is 51.1 Å². The first-order chi connectivity index (χ1) is 9.22. The van der Waals surface area contributed by atoms with Gasteiger partial charge in [0, 0.05) is 22.1 Å². The van der Waals surface area contributed by atoms with Crippen molar-refractivity contribution in [1.82, 2.24) is 15.0 Å². The van der Waals surface area contributed by atoms with Crippen molar-refractivity contribution in [3.05, 3.63) is 45.2 Å². The molecule has 3 rings (SSSR count). The fourth-order valence-corrected chi connectivity index (χ4v) is 2.80. The third-order valence-electron chi connectivity index (χ3n) is 2.58. The van der Waals surface area contributed by atoms with E-state index in [0.29, 0.717) is 16.2 Å². The van der Waals surface area contributed by atoms with Crippen LogP contribution in [0.25, 0.3) is 10.9 Å². The molecule has 0 aliphatic carbocycles. The van der Waals surface area contributed by atoms with Gasteiger partial charge in [0.25, 0.3) is 0 Å². The number of aromatic nitrogens is 3. The summed E-state index contributed by atoms with van der Waals surface area (Å²) in [5.74, 6) is 0. The second-order valence-electron chi connectivity index (χ2n) is 3.83. The fourth-order valence-electron chi connectivity index (χ4n) is 1.69. The lowest BCUT2D eigenvalue weighted by Gasteiger charge is -2.06. The van der Waals surface area contributed by atoms with E-state index >= 15 is 0 Å². The van der Waals surface area contributed by atoms with Crippen LogP contribution < -0.4 is 5.32 Å². The number of hydrogen-bond donors (Lipinski definition) is 1. The predicted octanol–water partition coefficient (Wildman–Crippen LogP) is 4.01. The average Bonchev–Trinajstić information content (AvgIpc) is 2.83. The number of hydrogen-bond acceptors (Lipinski definition) is 5. The van der Waals surface area contributed by atoms with Crippen LogP contribution in [0.3, 0.4) is 0 Å². The Morgan fingerprint density at radius 3 is 2.84 bits per heavy atom. The third-order valence-corrected chi connectivity index (χ3v) is 3.99. The molecule has 0 atom stereocenters. The summed E-state index contributed by atoms with van der Waals surface area (Å²) >= 11 is 13.3. The van der Waals surface area contributed by atoms with Gasteiger partial charge in [-0.1, -0.05) is 23.2 Å². The summed E-state index contributed by atoms with van der Waals surface area (Å²) in [4.78, 5) is 13.2. The van der Waals surface area contributed by atoms with Gasteiger partial charge in [0.2, 0.25) is 0 Å². The maximum Gasteiger partial charge on any atom is 0.183 e. The van der Waals surface area contributed by atoms with Crippen LogP contribution in [0.4, 0.5) is 5.69 Å². The van der Waals surface area contributed by atoms with E-state index in [-0.39, 0.29) is 0 Å². The highest BCUT2D eigenvalue weighted by Gasteiger charge is 2.03. The quantitative estimate of drug-likeness (QED) is 0.743. The fraction of sp³-hybridized carbons (Fsp3) is 0.0833. The second-order valence-corrected chi connectivity index (χ2v) is 5.88. The number of thiazole rings is 1. The molecule has 1 aromatic carbocycles. The van der Waals surface area contributed by atoms with Crippen LogP contribution in [0.5, 0.6) is 0 Å². The van der Waals surface area contributed by atoms with Crippen molar-refractivity contribution in [2.45, 2.75) is 6.54 Å². The molecule has 2 aromatic heterocycles. The molecule has 0 saturated heterocycles. The molecule has 0 bridgehead atoms. The summed E-state index contributed by atoms with van der Waals surface area (Å²) < 4.78 is 0.548. The van der Waals surface area contributed by atoms with Crippen LogP contribution in [0.15, 0.2) is 30.7 Å². The Morgan fingerprint density at radius 2 is 2.05 bits per heavy atom. The predicted molar refractivity (Wildman–Crippen MR) is 79.0 cm³/mol. The van der Waals surface area contributed by atoms with E-state index in [1.165, 1.54) is 17.7 Å². The molecule has 3 aromatic rings. The SMILES string of the molecule is Clc1ncc(CNc2ccc3ncnc(Cl)c3c2)s1. The maximum absolute atomic E-state index is 6.05. The first-order valence-corrected chi connectivity index (χ1v) is 7.04. The Morgan fingerprint density at radius 1 is 1.16 bits per heavy atom. The molecule has 0 spiro atoms. The van der Waals surface area contributed by atoms with Crippen LogP contribution >= 0.6 is 34.5 Å². The van der Waals surface area contributed by atoms with Crippen LogP contribution in [-0.2, 0) is 6.54 Å². The summed E-state index contributed by atoms with van der Waals surface area (Å²) in [5.41, 5.74) is 1.78. The van der Waals surface area contributed by atoms with E-state index in [1.807, 2.05) is 18.2 Å². The molecule has 7 heteroatoms. The summed E-state index contributed by atoms with van der Waals surface area (Å²) in [6.45, 7) is 0.668. The molecule has 0 amide bonds. The van der Waals surface area contributed by atoms with Crippen molar-refractivity contribution < 1.29 is 0 Å². The number of nitrogens with one attached hydrogen (secondary N) is 1. The molecule has 1 N–H and O–H groups in total. The van der Waals surface area contributed by atoms with Crippen molar-refractivity contribution in [2.75, 3.05) is 5.32 Å². The zero-order chi connectivity index (χ0) is 13.2. The molecular formula is C12H8Cl2N4S. The molecule has 2 heterocycles. The average molecular weight is 311 g/mol. The van der Waals surface area contributed by atoms with Crippen LogP contribution in [0.1, 0.15) is 4.88 Å². The highest BCUT2D eigenvalue weighted by molar-refractivity contribution is 7.15. The molecular weight excluding hydrogens is 303 g/mol. The molecule has 0 fully saturated rings. The van der Waals surface area contributed by atoms with Crippen molar-refractivity contribution in [2.24, 2.45) is 0 Å². The van der Waals surface area contributed by atoms with Gasteiger partial charge in [0.1, 0.15) is 11.5 Å². The number of nitrogens with zero attached hydrogens (tertiary/aromatic N) is 3. The van der Waals surface area contributed by atoms with Gasteiger partial charge in [0.05, 0.1) is 12.1 Å². The largest absolute Gasteiger partial charge is 0.380 e. The Labute approximate surface area is 123 Å². The molecule has 0 aliphatic rings. The number of rotatable bonds is 3. The standard InChI is InChI=1S/C12H8Cl2N4S/c13-11-9-3-7(1-2-10(9)17-6-18-11)15-4-8-5-16-12(14)19-8/h1-3,5-6,15H,4H2. The van der Waals surface area contributed by atoms with Gasteiger partial charge in [-0.05, 0) is 18.2 Å². The van der Waals surface area contributed by atoms with Crippen LogP contribution in [0, 0.1) is 0 Å². The summed E-state index contributed by atoms with van der Waals surface area (Å²) in [6.07, 6.45) is 3.22. The lowest BCUT2D eigenvalue weighted by atomic mass is 10.2. The minimum absolute atomic E-state index is 0.453. The Bertz CT molecular complexity index is 729. The normalized spacial score (nSPS) is 10.8. The lowest BCUT2D eigenvalue weighted by Crippen LogP contribution is -1.97. The second kappa shape index (κ2) is 5.28. The highest BCUT2D eigenvalue weighted by Crippen LogP contribution is 2.24. The Kier molecular flexibility index (Phi) is 3.50. The molecule has 4 nitrogen and oxygen atoms in total. The van der Waals surface area contributed by atoms with Crippen molar-refractivity contribution in [3.8, 4) is 0 Å². The van der Waals surface area contributed by atoms with Gasteiger partial charge in [-0.2, -0.15) is 0 Å². The number of fused-ring (bicyclic) bond motifs is 1. The number of benzene rings is 1. The zero-order valence-corrected chi connectivity index (χ0v) is 11.9. The first kappa shape index (κ1) is 12.6. The van der Waals surface area contributed by atoms with Gasteiger partial charge in [-0.25, -0.2) is 15.0 Å². The first-order valence-electron chi connectivity index (χ1n) is 5.47. The molecule has 96 valence electrons. The minimum atomic E-state index is 0.453. The molecule has 0 saturated carbocycles. The molecule has 19 heavy (non-hydrogen) atoms. The van der Waals surface area contributed by atoms with E-state index in [0.717, 1.165) is 21.5 Å². The number of anilines is 1. The van der Waals surface area contributed by atoms with Crippen molar-refractivity contribution in [1.29, 1.82) is 0 Å². The van der Waals surface area contributed by atoms with Gasteiger partial charge in [-0.3, -0.25) is 0 Å². The highest BCUT2D eigenvalue weighted by atomic mass is 35.5. The van der Waals surface area contributed by atoms with Crippen LogP contribution in [-0.4, -0.2) is 15.0 Å². The smallest absolute Gasteiger partial charge is 0.183 e. The van der Waals surface area contributed by atoms with Gasteiger partial charge >= 0.3 is 0 Å². The van der Waals surface area contributed by atoms with Gasteiger partial charge in [-0.15, -0.1) is 11.3 Å². The topological polar surface area (TPSA) is 50.7 Å². The minimum Gasteiger partial charge on any atom is -0.380 e. The lowest BCUT2D eigenvalue weighted by molar-refractivity contribution is 1.17. The monoisotopic (exact) mass is 310 g/mol. The third kappa shape index (κ3) is 2.78. The van der Waals surface area contributed by atoms with Gasteiger partial charge < -0.3 is 5.32 Å². The summed E-state index contributed by atoms with van der Waals surface area (Å²) in [5, 5.41) is 4.57. The summed E-state index contributed by atoms with van der Waals surface area (Å²) in [7, 11) is 0. The zero-order valence-electron chi connectivity index (χ0n) is 9.60. The summed E-state index contributed by atoms with van der Waals surface area (Å²) in [6, 6.07) is 5.79.